The minimum atomic E-state index is -0.523. The zero-order valence-corrected chi connectivity index (χ0v) is 9.21. The van der Waals surface area contributed by atoms with Gasteiger partial charge in [0.15, 0.2) is 0 Å². The molecule has 0 aromatic carbocycles. The van der Waals surface area contributed by atoms with Gasteiger partial charge in [0.2, 0.25) is 0 Å². The molecule has 0 atom stereocenters. The highest BCUT2D eigenvalue weighted by Crippen LogP contribution is 2.34. The van der Waals surface area contributed by atoms with Crippen molar-refractivity contribution in [2.75, 3.05) is 6.54 Å². The lowest BCUT2D eigenvalue weighted by molar-refractivity contribution is -0.131. The van der Waals surface area contributed by atoms with E-state index in [4.69, 9.17) is 0 Å². The number of urea groups is 1. The number of imide groups is 1. The van der Waals surface area contributed by atoms with Crippen LogP contribution >= 0.6 is 0 Å². The number of unbranched alkanes of at least 4 members (excludes halogenated alkanes) is 1. The van der Waals surface area contributed by atoms with Crippen LogP contribution in [0.5, 0.6) is 0 Å². The zero-order chi connectivity index (χ0) is 10.9. The Labute approximate surface area is 90.0 Å². The second kappa shape index (κ2) is 3.83. The molecule has 1 aliphatic carbocycles. The zero-order valence-electron chi connectivity index (χ0n) is 9.21. The number of nitrogens with one attached hydrogen (secondary N) is 1. The lowest BCUT2D eigenvalue weighted by Gasteiger charge is -2.19. The molecule has 1 spiro atoms. The molecule has 2 rings (SSSR count). The Morgan fingerprint density at radius 3 is 2.60 bits per heavy atom. The molecule has 84 valence electrons. The summed E-state index contributed by atoms with van der Waals surface area (Å²) < 4.78 is 0. The molecule has 0 aromatic heterocycles. The maximum absolute atomic E-state index is 12.1. The number of nitrogens with zero attached hydrogens (tertiary/aromatic N) is 1. The molecule has 2 fully saturated rings. The van der Waals surface area contributed by atoms with Crippen molar-refractivity contribution in [3.8, 4) is 0 Å². The molecule has 1 saturated carbocycles. The van der Waals surface area contributed by atoms with Crippen LogP contribution in [0, 0.1) is 0 Å². The molecule has 1 N–H and O–H groups in total. The third kappa shape index (κ3) is 1.62. The molecular weight excluding hydrogens is 192 g/mol. The van der Waals surface area contributed by atoms with E-state index in [0.29, 0.717) is 6.54 Å². The van der Waals surface area contributed by atoms with Gasteiger partial charge in [-0.2, -0.15) is 0 Å². The van der Waals surface area contributed by atoms with Gasteiger partial charge in [0.1, 0.15) is 5.54 Å². The fourth-order valence-corrected chi connectivity index (χ4v) is 2.51. The predicted octanol–water partition coefficient (Wildman–Crippen LogP) is 1.65. The molecule has 1 heterocycles. The first-order valence-corrected chi connectivity index (χ1v) is 5.84. The van der Waals surface area contributed by atoms with E-state index in [1.54, 1.807) is 0 Å². The standard InChI is InChI=1S/C11H18N2O2/c1-2-3-8-13-9(14)11(12-10(13)15)6-4-5-7-11/h2-8H2,1H3,(H,12,15). The van der Waals surface area contributed by atoms with Gasteiger partial charge in [-0.3, -0.25) is 9.69 Å². The minimum Gasteiger partial charge on any atom is -0.323 e. The van der Waals surface area contributed by atoms with Crippen LogP contribution in [-0.2, 0) is 4.79 Å². The molecule has 3 amide bonds. The second-order valence-corrected chi connectivity index (χ2v) is 4.53. The number of hydrogen-bond donors (Lipinski definition) is 1. The minimum absolute atomic E-state index is 0.0125. The lowest BCUT2D eigenvalue weighted by Crippen LogP contribution is -2.44. The molecule has 1 aliphatic heterocycles. The molecule has 0 bridgehead atoms. The van der Waals surface area contributed by atoms with Crippen LogP contribution in [0.15, 0.2) is 0 Å². The van der Waals surface area contributed by atoms with E-state index in [-0.39, 0.29) is 11.9 Å². The number of carbonyl (C=O) groups is 2. The topological polar surface area (TPSA) is 49.4 Å². The van der Waals surface area contributed by atoms with E-state index < -0.39 is 5.54 Å². The third-order valence-electron chi connectivity index (χ3n) is 3.44. The van der Waals surface area contributed by atoms with Crippen LogP contribution in [0.1, 0.15) is 45.4 Å². The molecule has 0 unspecified atom stereocenters. The fourth-order valence-electron chi connectivity index (χ4n) is 2.51. The van der Waals surface area contributed by atoms with Crippen molar-refractivity contribution in [3.63, 3.8) is 0 Å². The van der Waals surface area contributed by atoms with Gasteiger partial charge in [0, 0.05) is 6.54 Å². The maximum atomic E-state index is 12.1. The van der Waals surface area contributed by atoms with Crippen LogP contribution < -0.4 is 5.32 Å². The molecule has 4 heteroatoms. The Morgan fingerprint density at radius 1 is 1.33 bits per heavy atom. The van der Waals surface area contributed by atoms with E-state index >= 15 is 0 Å². The Balaban J connectivity index is 2.08. The van der Waals surface area contributed by atoms with E-state index in [0.717, 1.165) is 38.5 Å². The van der Waals surface area contributed by atoms with E-state index in [2.05, 4.69) is 12.2 Å². The first kappa shape index (κ1) is 10.5. The maximum Gasteiger partial charge on any atom is 0.325 e. The Kier molecular flexibility index (Phi) is 2.67. The summed E-state index contributed by atoms with van der Waals surface area (Å²) in [6, 6.07) is -0.185. The van der Waals surface area contributed by atoms with Crippen molar-refractivity contribution in [1.29, 1.82) is 0 Å². The van der Waals surface area contributed by atoms with E-state index in [1.165, 1.54) is 4.90 Å². The summed E-state index contributed by atoms with van der Waals surface area (Å²) in [5, 5.41) is 2.88. The van der Waals surface area contributed by atoms with Crippen molar-refractivity contribution in [2.24, 2.45) is 0 Å². The molecule has 4 nitrogen and oxygen atoms in total. The summed E-state index contributed by atoms with van der Waals surface area (Å²) >= 11 is 0. The fraction of sp³-hybridized carbons (Fsp3) is 0.818. The second-order valence-electron chi connectivity index (χ2n) is 4.53. The number of carbonyl (C=O) groups excluding carboxylic acids is 2. The van der Waals surface area contributed by atoms with Crippen LogP contribution in [0.2, 0.25) is 0 Å². The first-order valence-electron chi connectivity index (χ1n) is 5.84. The van der Waals surface area contributed by atoms with Gasteiger partial charge < -0.3 is 5.32 Å². The summed E-state index contributed by atoms with van der Waals surface area (Å²) in [6.45, 7) is 2.63. The third-order valence-corrected chi connectivity index (χ3v) is 3.44. The van der Waals surface area contributed by atoms with Crippen molar-refractivity contribution in [1.82, 2.24) is 10.2 Å². The van der Waals surface area contributed by atoms with Gasteiger partial charge in [-0.1, -0.05) is 26.2 Å². The van der Waals surface area contributed by atoms with Crippen molar-refractivity contribution in [3.05, 3.63) is 0 Å². The largest absolute Gasteiger partial charge is 0.325 e. The van der Waals surface area contributed by atoms with Crippen molar-refractivity contribution < 1.29 is 9.59 Å². The SMILES string of the molecule is CCCCN1C(=O)NC2(CCCC2)C1=O. The highest BCUT2D eigenvalue weighted by Gasteiger charge is 2.51. The Hall–Kier alpha value is -1.06. The van der Waals surface area contributed by atoms with Gasteiger partial charge in [-0.15, -0.1) is 0 Å². The van der Waals surface area contributed by atoms with Crippen LogP contribution in [0.3, 0.4) is 0 Å². The summed E-state index contributed by atoms with van der Waals surface area (Å²) in [5.74, 6) is 0.0125. The number of hydrogen-bond acceptors (Lipinski definition) is 2. The Morgan fingerprint density at radius 2 is 2.00 bits per heavy atom. The highest BCUT2D eigenvalue weighted by atomic mass is 16.2. The summed E-state index contributed by atoms with van der Waals surface area (Å²) in [7, 11) is 0. The molecular formula is C11H18N2O2. The first-order chi connectivity index (χ1) is 7.19. The molecule has 0 aromatic rings. The smallest absolute Gasteiger partial charge is 0.323 e. The summed E-state index contributed by atoms with van der Waals surface area (Å²) in [4.78, 5) is 25.1. The quantitative estimate of drug-likeness (QED) is 0.720. The van der Waals surface area contributed by atoms with Gasteiger partial charge in [0.25, 0.3) is 5.91 Å². The van der Waals surface area contributed by atoms with E-state index in [9.17, 15) is 9.59 Å². The van der Waals surface area contributed by atoms with Crippen LogP contribution in [0.4, 0.5) is 4.79 Å². The lowest BCUT2D eigenvalue weighted by atomic mass is 9.98. The van der Waals surface area contributed by atoms with Crippen LogP contribution in [0.25, 0.3) is 0 Å². The number of rotatable bonds is 3. The summed E-state index contributed by atoms with van der Waals surface area (Å²) in [5.41, 5.74) is -0.523. The molecule has 1 saturated heterocycles. The average Bonchev–Trinajstić information content (AvgIpc) is 2.75. The highest BCUT2D eigenvalue weighted by molar-refractivity contribution is 6.07. The monoisotopic (exact) mass is 210 g/mol. The molecule has 2 aliphatic rings. The van der Waals surface area contributed by atoms with Crippen molar-refractivity contribution in [2.45, 2.75) is 51.0 Å². The Bertz CT molecular complexity index is 282. The van der Waals surface area contributed by atoms with E-state index in [1.807, 2.05) is 0 Å². The van der Waals surface area contributed by atoms with Crippen molar-refractivity contribution >= 4 is 11.9 Å². The summed E-state index contributed by atoms with van der Waals surface area (Å²) in [6.07, 6.45) is 5.64. The normalized spacial score (nSPS) is 23.9. The molecule has 0 radical (unpaired) electrons. The predicted molar refractivity (Wildman–Crippen MR) is 56.4 cm³/mol. The van der Waals surface area contributed by atoms with Crippen LogP contribution in [-0.4, -0.2) is 28.9 Å². The van der Waals surface area contributed by atoms with Gasteiger partial charge in [0.05, 0.1) is 0 Å². The average molecular weight is 210 g/mol. The van der Waals surface area contributed by atoms with Gasteiger partial charge in [-0.25, -0.2) is 4.79 Å². The van der Waals surface area contributed by atoms with Gasteiger partial charge >= 0.3 is 6.03 Å². The molecule has 15 heavy (non-hydrogen) atoms. The van der Waals surface area contributed by atoms with Gasteiger partial charge in [-0.05, 0) is 19.3 Å². The number of amides is 3.